The molecule has 2 aromatic carbocycles. The molecule has 0 aliphatic heterocycles. The van der Waals surface area contributed by atoms with Crippen molar-refractivity contribution in [2.24, 2.45) is 5.73 Å². The highest BCUT2D eigenvalue weighted by molar-refractivity contribution is 5.30. The maximum atomic E-state index is 8.91. The third kappa shape index (κ3) is 4.09. The summed E-state index contributed by atoms with van der Waals surface area (Å²) in [6.07, 6.45) is 0.558. The topological polar surface area (TPSA) is 55.5 Å². The normalized spacial score (nSPS) is 12.1. The second-order valence-corrected chi connectivity index (χ2v) is 4.47. The molecule has 1 atom stereocenters. The van der Waals surface area contributed by atoms with E-state index in [1.165, 1.54) is 0 Å². The van der Waals surface area contributed by atoms with Crippen LogP contribution in [-0.2, 0) is 6.61 Å². The maximum absolute atomic E-state index is 8.91. The van der Waals surface area contributed by atoms with E-state index in [-0.39, 0.29) is 12.6 Å². The number of hydrogen-bond acceptors (Lipinski definition) is 3. The van der Waals surface area contributed by atoms with Crippen molar-refractivity contribution in [2.45, 2.75) is 19.1 Å². The molecule has 2 aromatic rings. The van der Waals surface area contributed by atoms with Crippen LogP contribution in [0.5, 0.6) is 5.75 Å². The first-order valence-corrected chi connectivity index (χ1v) is 6.42. The van der Waals surface area contributed by atoms with E-state index in [0.717, 1.165) is 16.9 Å². The van der Waals surface area contributed by atoms with Crippen molar-refractivity contribution in [2.75, 3.05) is 6.61 Å². The molecule has 0 heterocycles. The largest absolute Gasteiger partial charge is 0.489 e. The average molecular weight is 257 g/mol. The first kappa shape index (κ1) is 13.6. The highest BCUT2D eigenvalue weighted by atomic mass is 16.5. The van der Waals surface area contributed by atoms with Gasteiger partial charge in [-0.1, -0.05) is 42.5 Å². The Labute approximate surface area is 113 Å². The molecule has 0 saturated heterocycles. The van der Waals surface area contributed by atoms with Crippen LogP contribution >= 0.6 is 0 Å². The molecule has 3 N–H and O–H groups in total. The molecule has 3 nitrogen and oxygen atoms in total. The van der Waals surface area contributed by atoms with Gasteiger partial charge in [-0.25, -0.2) is 0 Å². The third-order valence-corrected chi connectivity index (χ3v) is 2.97. The molecule has 0 bridgehead atoms. The Morgan fingerprint density at radius 2 is 1.84 bits per heavy atom. The second-order valence-electron chi connectivity index (χ2n) is 4.47. The minimum Gasteiger partial charge on any atom is -0.489 e. The van der Waals surface area contributed by atoms with Crippen molar-refractivity contribution in [3.8, 4) is 5.75 Å². The lowest BCUT2D eigenvalue weighted by atomic mass is 10.1. The van der Waals surface area contributed by atoms with Gasteiger partial charge in [0.1, 0.15) is 12.4 Å². The van der Waals surface area contributed by atoms with Crippen LogP contribution in [0.25, 0.3) is 0 Å². The van der Waals surface area contributed by atoms with E-state index in [4.69, 9.17) is 15.6 Å². The van der Waals surface area contributed by atoms with E-state index in [1.807, 2.05) is 54.6 Å². The van der Waals surface area contributed by atoms with E-state index in [2.05, 4.69) is 0 Å². The average Bonchev–Trinajstić information content (AvgIpc) is 2.47. The van der Waals surface area contributed by atoms with E-state index >= 15 is 0 Å². The smallest absolute Gasteiger partial charge is 0.120 e. The van der Waals surface area contributed by atoms with Crippen LogP contribution in [-0.4, -0.2) is 11.7 Å². The highest BCUT2D eigenvalue weighted by Crippen LogP contribution is 2.20. The van der Waals surface area contributed by atoms with Gasteiger partial charge in [-0.05, 0) is 29.7 Å². The third-order valence-electron chi connectivity index (χ3n) is 2.97. The van der Waals surface area contributed by atoms with Crippen LogP contribution in [0.15, 0.2) is 54.6 Å². The van der Waals surface area contributed by atoms with Crippen molar-refractivity contribution < 1.29 is 9.84 Å². The lowest BCUT2D eigenvalue weighted by molar-refractivity contribution is 0.276. The van der Waals surface area contributed by atoms with E-state index in [0.29, 0.717) is 13.0 Å². The van der Waals surface area contributed by atoms with Crippen molar-refractivity contribution >= 4 is 0 Å². The highest BCUT2D eigenvalue weighted by Gasteiger charge is 2.06. The summed E-state index contributed by atoms with van der Waals surface area (Å²) < 4.78 is 5.74. The summed E-state index contributed by atoms with van der Waals surface area (Å²) >= 11 is 0. The number of nitrogens with two attached hydrogens (primary N) is 1. The van der Waals surface area contributed by atoms with Crippen LogP contribution in [0.3, 0.4) is 0 Å². The molecule has 3 heteroatoms. The first-order valence-electron chi connectivity index (χ1n) is 6.42. The minimum absolute atomic E-state index is 0.0935. The van der Waals surface area contributed by atoms with Gasteiger partial charge in [0.25, 0.3) is 0 Å². The zero-order chi connectivity index (χ0) is 13.5. The fourth-order valence-corrected chi connectivity index (χ4v) is 1.88. The van der Waals surface area contributed by atoms with Gasteiger partial charge in [-0.2, -0.15) is 0 Å². The molecular formula is C16H19NO2. The standard InChI is InChI=1S/C16H19NO2/c17-16(9-10-18)14-7-4-8-15(11-14)19-12-13-5-2-1-3-6-13/h1-8,11,16,18H,9-10,12,17H2. The van der Waals surface area contributed by atoms with Gasteiger partial charge >= 0.3 is 0 Å². The number of aliphatic hydroxyl groups is 1. The molecule has 0 aliphatic rings. The predicted octanol–water partition coefficient (Wildman–Crippen LogP) is 2.65. The van der Waals surface area contributed by atoms with Gasteiger partial charge in [-0.3, -0.25) is 0 Å². The molecule has 0 aliphatic carbocycles. The van der Waals surface area contributed by atoms with E-state index in [9.17, 15) is 0 Å². The summed E-state index contributed by atoms with van der Waals surface area (Å²) in [4.78, 5) is 0. The number of ether oxygens (including phenoxy) is 1. The molecule has 100 valence electrons. The molecule has 2 rings (SSSR count). The van der Waals surface area contributed by atoms with Crippen LogP contribution in [0.2, 0.25) is 0 Å². The summed E-state index contributed by atoms with van der Waals surface area (Å²) in [6.45, 7) is 0.635. The molecule has 0 aromatic heterocycles. The van der Waals surface area contributed by atoms with E-state index < -0.39 is 0 Å². The van der Waals surface area contributed by atoms with Crippen LogP contribution in [0, 0.1) is 0 Å². The van der Waals surface area contributed by atoms with E-state index in [1.54, 1.807) is 0 Å². The molecule has 19 heavy (non-hydrogen) atoms. The number of benzene rings is 2. The minimum atomic E-state index is -0.148. The van der Waals surface area contributed by atoms with Gasteiger partial charge in [0.15, 0.2) is 0 Å². The van der Waals surface area contributed by atoms with Gasteiger partial charge in [0.05, 0.1) is 0 Å². The van der Waals surface area contributed by atoms with Crippen molar-refractivity contribution in [1.29, 1.82) is 0 Å². The summed E-state index contributed by atoms with van der Waals surface area (Å²) in [5, 5.41) is 8.91. The molecule has 0 radical (unpaired) electrons. The van der Waals surface area contributed by atoms with Crippen molar-refractivity contribution in [3.63, 3.8) is 0 Å². The van der Waals surface area contributed by atoms with Crippen molar-refractivity contribution in [1.82, 2.24) is 0 Å². The Morgan fingerprint density at radius 3 is 2.58 bits per heavy atom. The molecule has 0 saturated carbocycles. The number of aliphatic hydroxyl groups excluding tert-OH is 1. The van der Waals surface area contributed by atoms with Gasteiger partial charge in [0.2, 0.25) is 0 Å². The van der Waals surface area contributed by atoms with Crippen LogP contribution in [0.1, 0.15) is 23.6 Å². The summed E-state index contributed by atoms with van der Waals surface area (Å²) in [6, 6.07) is 17.6. The predicted molar refractivity (Wildman–Crippen MR) is 75.8 cm³/mol. The molecular weight excluding hydrogens is 238 g/mol. The Bertz CT molecular complexity index is 499. The Morgan fingerprint density at radius 1 is 1.05 bits per heavy atom. The quantitative estimate of drug-likeness (QED) is 0.836. The zero-order valence-corrected chi connectivity index (χ0v) is 10.8. The van der Waals surface area contributed by atoms with Crippen molar-refractivity contribution in [3.05, 3.63) is 65.7 Å². The number of hydrogen-bond donors (Lipinski definition) is 2. The Balaban J connectivity index is 1.99. The zero-order valence-electron chi connectivity index (χ0n) is 10.8. The molecule has 0 spiro atoms. The molecule has 0 fully saturated rings. The van der Waals surface area contributed by atoms with Crippen LogP contribution < -0.4 is 10.5 Å². The fourth-order valence-electron chi connectivity index (χ4n) is 1.88. The first-order chi connectivity index (χ1) is 9.29. The van der Waals surface area contributed by atoms with Gasteiger partial charge in [0, 0.05) is 12.6 Å². The maximum Gasteiger partial charge on any atom is 0.120 e. The van der Waals surface area contributed by atoms with Gasteiger partial charge < -0.3 is 15.6 Å². The second kappa shape index (κ2) is 6.92. The monoisotopic (exact) mass is 257 g/mol. The Kier molecular flexibility index (Phi) is 4.95. The number of rotatable bonds is 6. The summed E-state index contributed by atoms with van der Waals surface area (Å²) in [5.74, 6) is 0.801. The Hall–Kier alpha value is -1.84. The molecule has 0 amide bonds. The van der Waals surface area contributed by atoms with Crippen LogP contribution in [0.4, 0.5) is 0 Å². The fraction of sp³-hybridized carbons (Fsp3) is 0.250. The van der Waals surface area contributed by atoms with Gasteiger partial charge in [-0.15, -0.1) is 0 Å². The molecule has 1 unspecified atom stereocenters. The summed E-state index contributed by atoms with van der Waals surface area (Å²) in [5.41, 5.74) is 8.08. The lowest BCUT2D eigenvalue weighted by Crippen LogP contribution is -2.11. The SMILES string of the molecule is NC(CCO)c1cccc(OCc2ccccc2)c1. The summed E-state index contributed by atoms with van der Waals surface area (Å²) in [7, 11) is 0. The lowest BCUT2D eigenvalue weighted by Gasteiger charge is -2.12.